The lowest BCUT2D eigenvalue weighted by Gasteiger charge is -2.22. The van der Waals surface area contributed by atoms with E-state index in [4.69, 9.17) is 0 Å². The normalized spacial score (nSPS) is 18.3. The number of aromatic amines is 1. The number of nitrogens with one attached hydrogen (secondary N) is 2. The van der Waals surface area contributed by atoms with E-state index < -0.39 is 0 Å². The third kappa shape index (κ3) is 1.64. The van der Waals surface area contributed by atoms with Crippen molar-refractivity contribution in [2.75, 3.05) is 5.32 Å². The van der Waals surface area contributed by atoms with Crippen molar-refractivity contribution in [1.29, 1.82) is 0 Å². The number of aryl methyl sites for hydroxylation is 1. The van der Waals surface area contributed by atoms with Crippen LogP contribution in [0.1, 0.15) is 29.2 Å². The first-order valence-electron chi connectivity index (χ1n) is 5.79. The Morgan fingerprint density at radius 1 is 1.33 bits per heavy atom. The molecule has 2 heterocycles. The Morgan fingerprint density at radius 2 is 2.06 bits per heavy atom. The summed E-state index contributed by atoms with van der Waals surface area (Å²) in [5, 5.41) is 19.1. The number of hydrogen-bond acceptors (Lipinski definition) is 3. The van der Waals surface area contributed by atoms with Crippen molar-refractivity contribution in [1.82, 2.24) is 10.2 Å². The smallest absolute Gasteiger partial charge is 0.226 e. The number of phenolic OH excluding ortho intramolecular Hbond substituents is 1. The van der Waals surface area contributed by atoms with Gasteiger partial charge in [-0.25, -0.2) is 0 Å². The molecule has 1 aliphatic heterocycles. The summed E-state index contributed by atoms with van der Waals surface area (Å²) >= 11 is 0. The molecule has 18 heavy (non-hydrogen) atoms. The van der Waals surface area contributed by atoms with Gasteiger partial charge in [0, 0.05) is 23.6 Å². The number of aromatic nitrogens is 2. The number of amides is 1. The first kappa shape index (κ1) is 10.8. The number of nitrogens with zero attached hydrogens (tertiary/aromatic N) is 1. The summed E-state index contributed by atoms with van der Waals surface area (Å²) in [5.41, 5.74) is 3.00. The van der Waals surface area contributed by atoms with Crippen molar-refractivity contribution in [2.24, 2.45) is 0 Å². The van der Waals surface area contributed by atoms with Crippen LogP contribution in [0.25, 0.3) is 0 Å². The number of rotatable bonds is 1. The number of anilines is 1. The number of hydrogen-bond donors (Lipinski definition) is 3. The van der Waals surface area contributed by atoms with E-state index in [1.807, 2.05) is 19.1 Å². The Kier molecular flexibility index (Phi) is 2.33. The zero-order valence-electron chi connectivity index (χ0n) is 9.90. The Morgan fingerprint density at radius 3 is 2.78 bits per heavy atom. The Balaban J connectivity index is 2.09. The number of phenols is 1. The van der Waals surface area contributed by atoms with Gasteiger partial charge in [0.2, 0.25) is 5.91 Å². The fraction of sp³-hybridized carbons (Fsp3) is 0.231. The van der Waals surface area contributed by atoms with Crippen molar-refractivity contribution < 1.29 is 9.90 Å². The SMILES string of the molecule is Cc1[nH]nc2c1C(c1ccc(O)cc1)CC(=O)N2. The zero-order valence-corrected chi connectivity index (χ0v) is 9.90. The van der Waals surface area contributed by atoms with Crippen LogP contribution in [0.4, 0.5) is 5.82 Å². The van der Waals surface area contributed by atoms with Crippen LogP contribution in [-0.4, -0.2) is 21.2 Å². The molecular formula is C13H13N3O2. The van der Waals surface area contributed by atoms with E-state index in [0.29, 0.717) is 12.2 Å². The Labute approximate surface area is 104 Å². The summed E-state index contributed by atoms with van der Waals surface area (Å²) in [6.45, 7) is 1.94. The van der Waals surface area contributed by atoms with Crippen LogP contribution in [-0.2, 0) is 4.79 Å². The molecule has 1 atom stereocenters. The minimum absolute atomic E-state index is 0.00639. The molecule has 0 radical (unpaired) electrons. The molecule has 5 heteroatoms. The average Bonchev–Trinajstić information content (AvgIpc) is 2.71. The third-order valence-corrected chi connectivity index (χ3v) is 3.29. The number of aromatic hydroxyl groups is 1. The second-order valence-electron chi connectivity index (χ2n) is 4.51. The van der Waals surface area contributed by atoms with E-state index in [1.54, 1.807) is 12.1 Å². The van der Waals surface area contributed by atoms with E-state index in [9.17, 15) is 9.90 Å². The van der Waals surface area contributed by atoms with Crippen LogP contribution in [0.2, 0.25) is 0 Å². The molecule has 1 aromatic carbocycles. The average molecular weight is 243 g/mol. The van der Waals surface area contributed by atoms with E-state index >= 15 is 0 Å². The molecule has 0 aliphatic carbocycles. The van der Waals surface area contributed by atoms with Crippen molar-refractivity contribution in [2.45, 2.75) is 19.3 Å². The third-order valence-electron chi connectivity index (χ3n) is 3.29. The first-order valence-corrected chi connectivity index (χ1v) is 5.79. The predicted octanol–water partition coefficient (Wildman–Crippen LogP) is 1.90. The van der Waals surface area contributed by atoms with E-state index in [0.717, 1.165) is 16.8 Å². The number of fused-ring (bicyclic) bond motifs is 1. The summed E-state index contributed by atoms with van der Waals surface area (Å²) < 4.78 is 0. The highest BCUT2D eigenvalue weighted by atomic mass is 16.3. The maximum absolute atomic E-state index is 11.7. The fourth-order valence-electron chi connectivity index (χ4n) is 2.42. The predicted molar refractivity (Wildman–Crippen MR) is 66.5 cm³/mol. The molecule has 92 valence electrons. The maximum atomic E-state index is 11.7. The monoisotopic (exact) mass is 243 g/mol. The van der Waals surface area contributed by atoms with Crippen LogP contribution >= 0.6 is 0 Å². The molecule has 1 unspecified atom stereocenters. The Bertz CT molecular complexity index is 601. The summed E-state index contributed by atoms with van der Waals surface area (Å²) in [6.07, 6.45) is 0.401. The summed E-state index contributed by atoms with van der Waals surface area (Å²) in [6, 6.07) is 6.96. The first-order chi connectivity index (χ1) is 8.65. The molecule has 0 bridgehead atoms. The second kappa shape index (κ2) is 3.87. The van der Waals surface area contributed by atoms with Crippen LogP contribution in [0, 0.1) is 6.92 Å². The van der Waals surface area contributed by atoms with Gasteiger partial charge in [0.15, 0.2) is 5.82 Å². The maximum Gasteiger partial charge on any atom is 0.226 e. The standard InChI is InChI=1S/C13H13N3O2/c1-7-12-10(8-2-4-9(17)5-3-8)6-11(18)14-13(12)16-15-7/h2-5,10,17H,6H2,1H3,(H2,14,15,16,18). The van der Waals surface area contributed by atoms with Crippen LogP contribution in [0.5, 0.6) is 5.75 Å². The van der Waals surface area contributed by atoms with Crippen molar-refractivity contribution in [3.05, 3.63) is 41.1 Å². The minimum atomic E-state index is -0.0351. The van der Waals surface area contributed by atoms with Gasteiger partial charge in [-0.1, -0.05) is 12.1 Å². The molecule has 5 nitrogen and oxygen atoms in total. The van der Waals surface area contributed by atoms with Gasteiger partial charge in [-0.05, 0) is 24.6 Å². The Hall–Kier alpha value is -2.30. The van der Waals surface area contributed by atoms with Gasteiger partial charge in [-0.2, -0.15) is 5.10 Å². The molecule has 0 spiro atoms. The number of carbonyl (C=O) groups is 1. The lowest BCUT2D eigenvalue weighted by atomic mass is 9.86. The molecule has 1 amide bonds. The molecule has 1 aliphatic rings. The van der Waals surface area contributed by atoms with E-state index in [1.165, 1.54) is 0 Å². The summed E-state index contributed by atoms with van der Waals surface area (Å²) in [5.74, 6) is 0.796. The number of benzene rings is 1. The number of H-pyrrole nitrogens is 1. The molecule has 2 aromatic rings. The second-order valence-corrected chi connectivity index (χ2v) is 4.51. The van der Waals surface area contributed by atoms with Gasteiger partial charge in [-0.3, -0.25) is 9.89 Å². The van der Waals surface area contributed by atoms with Gasteiger partial charge >= 0.3 is 0 Å². The molecule has 0 saturated carbocycles. The van der Waals surface area contributed by atoms with Crippen LogP contribution < -0.4 is 5.32 Å². The van der Waals surface area contributed by atoms with Gasteiger partial charge in [0.1, 0.15) is 5.75 Å². The summed E-state index contributed by atoms with van der Waals surface area (Å²) in [7, 11) is 0. The van der Waals surface area contributed by atoms with Crippen molar-refractivity contribution in [3.63, 3.8) is 0 Å². The topological polar surface area (TPSA) is 78.0 Å². The molecule has 3 N–H and O–H groups in total. The van der Waals surface area contributed by atoms with E-state index in [-0.39, 0.29) is 17.6 Å². The molecule has 3 rings (SSSR count). The molecule has 1 aromatic heterocycles. The van der Waals surface area contributed by atoms with Gasteiger partial charge in [-0.15, -0.1) is 0 Å². The highest BCUT2D eigenvalue weighted by Crippen LogP contribution is 2.37. The molecular weight excluding hydrogens is 230 g/mol. The van der Waals surface area contributed by atoms with Gasteiger partial charge < -0.3 is 10.4 Å². The molecule has 0 saturated heterocycles. The van der Waals surface area contributed by atoms with Crippen molar-refractivity contribution in [3.8, 4) is 5.75 Å². The van der Waals surface area contributed by atoms with Crippen molar-refractivity contribution >= 4 is 11.7 Å². The fourth-order valence-corrected chi connectivity index (χ4v) is 2.42. The summed E-state index contributed by atoms with van der Waals surface area (Å²) in [4.78, 5) is 11.7. The minimum Gasteiger partial charge on any atom is -0.508 e. The lowest BCUT2D eigenvalue weighted by molar-refractivity contribution is -0.116. The molecule has 0 fully saturated rings. The van der Waals surface area contributed by atoms with Gasteiger partial charge in [0.25, 0.3) is 0 Å². The zero-order chi connectivity index (χ0) is 12.7. The highest BCUT2D eigenvalue weighted by Gasteiger charge is 2.30. The van der Waals surface area contributed by atoms with Crippen LogP contribution in [0.15, 0.2) is 24.3 Å². The van der Waals surface area contributed by atoms with E-state index in [2.05, 4.69) is 15.5 Å². The lowest BCUT2D eigenvalue weighted by Crippen LogP contribution is -2.23. The quantitative estimate of drug-likeness (QED) is 0.715. The number of carbonyl (C=O) groups excluding carboxylic acids is 1. The van der Waals surface area contributed by atoms with Crippen LogP contribution in [0.3, 0.4) is 0 Å². The van der Waals surface area contributed by atoms with Gasteiger partial charge in [0.05, 0.1) is 0 Å². The largest absolute Gasteiger partial charge is 0.508 e. The highest BCUT2D eigenvalue weighted by molar-refractivity contribution is 5.94.